The van der Waals surface area contributed by atoms with E-state index in [0.717, 1.165) is 34.2 Å². The van der Waals surface area contributed by atoms with Crippen molar-refractivity contribution in [3.05, 3.63) is 29.5 Å². The molecule has 27 heavy (non-hydrogen) atoms. The Morgan fingerprint density at radius 3 is 2.63 bits per heavy atom. The third-order valence-electron chi connectivity index (χ3n) is 4.54. The van der Waals surface area contributed by atoms with Gasteiger partial charge in [0.1, 0.15) is 5.76 Å². The maximum atomic E-state index is 12.7. The summed E-state index contributed by atoms with van der Waals surface area (Å²) in [7, 11) is 1.86. The fraction of sp³-hybridized carbons (Fsp3) is 0.444. The Hall–Kier alpha value is -2.55. The van der Waals surface area contributed by atoms with Gasteiger partial charge >= 0.3 is 0 Å². The van der Waals surface area contributed by atoms with Crippen LogP contribution in [0.4, 0.5) is 5.69 Å². The van der Waals surface area contributed by atoms with Crippen molar-refractivity contribution >= 4 is 23.4 Å². The molecule has 3 rings (SSSR count). The summed E-state index contributed by atoms with van der Waals surface area (Å²) in [5.41, 5.74) is 3.40. The Morgan fingerprint density at radius 2 is 2.07 bits per heavy atom. The van der Waals surface area contributed by atoms with Gasteiger partial charge in [-0.1, -0.05) is 11.8 Å². The van der Waals surface area contributed by atoms with E-state index < -0.39 is 0 Å². The van der Waals surface area contributed by atoms with Gasteiger partial charge in [0.15, 0.2) is 11.0 Å². The van der Waals surface area contributed by atoms with E-state index in [1.807, 2.05) is 52.3 Å². The van der Waals surface area contributed by atoms with E-state index in [4.69, 9.17) is 4.42 Å². The number of furan rings is 1. The fourth-order valence-electron chi connectivity index (χ4n) is 2.87. The molecule has 0 bridgehead atoms. The van der Waals surface area contributed by atoms with Crippen molar-refractivity contribution in [2.24, 2.45) is 7.05 Å². The van der Waals surface area contributed by atoms with Crippen LogP contribution >= 0.6 is 11.8 Å². The molecule has 0 radical (unpaired) electrons. The van der Waals surface area contributed by atoms with Crippen LogP contribution in [-0.4, -0.2) is 35.7 Å². The molecule has 144 valence electrons. The summed E-state index contributed by atoms with van der Waals surface area (Å²) < 4.78 is 9.13. The van der Waals surface area contributed by atoms with Crippen molar-refractivity contribution in [3.8, 4) is 11.4 Å². The quantitative estimate of drug-likeness (QED) is 0.651. The highest BCUT2D eigenvalue weighted by atomic mass is 32.2. The fourth-order valence-corrected chi connectivity index (χ4v) is 3.78. The SMILES string of the molecule is CCn1c(S[C@@H](C)C(=O)Nc2c(C)nn(C)c2C)nnc1-c1ccoc1C. The first-order valence-electron chi connectivity index (χ1n) is 8.78. The van der Waals surface area contributed by atoms with Crippen LogP contribution in [0.3, 0.4) is 0 Å². The maximum absolute atomic E-state index is 12.7. The van der Waals surface area contributed by atoms with Gasteiger partial charge in [0.25, 0.3) is 0 Å². The van der Waals surface area contributed by atoms with Gasteiger partial charge < -0.3 is 14.3 Å². The molecular weight excluding hydrogens is 364 g/mol. The molecule has 3 aromatic rings. The molecule has 0 aliphatic rings. The van der Waals surface area contributed by atoms with Gasteiger partial charge in [-0.2, -0.15) is 5.10 Å². The zero-order chi connectivity index (χ0) is 19.7. The first-order valence-corrected chi connectivity index (χ1v) is 9.66. The molecule has 1 N–H and O–H groups in total. The number of rotatable bonds is 6. The predicted molar refractivity (Wildman–Crippen MR) is 105 cm³/mol. The minimum Gasteiger partial charge on any atom is -0.469 e. The first kappa shape index (κ1) is 19.2. The van der Waals surface area contributed by atoms with E-state index in [0.29, 0.717) is 11.7 Å². The molecule has 9 heteroatoms. The molecule has 8 nitrogen and oxygen atoms in total. The third-order valence-corrected chi connectivity index (χ3v) is 5.62. The summed E-state index contributed by atoms with van der Waals surface area (Å²) in [5, 5.41) is 16.3. The van der Waals surface area contributed by atoms with Crippen molar-refractivity contribution in [2.45, 2.75) is 51.6 Å². The average Bonchev–Trinajstić information content (AvgIpc) is 3.29. The zero-order valence-electron chi connectivity index (χ0n) is 16.4. The highest BCUT2D eigenvalue weighted by Crippen LogP contribution is 2.29. The molecule has 0 unspecified atom stereocenters. The van der Waals surface area contributed by atoms with Crippen LogP contribution in [0.2, 0.25) is 0 Å². The normalized spacial score (nSPS) is 12.4. The van der Waals surface area contributed by atoms with Gasteiger partial charge in [-0.05, 0) is 40.7 Å². The van der Waals surface area contributed by atoms with Crippen molar-refractivity contribution in [1.82, 2.24) is 24.5 Å². The second-order valence-electron chi connectivity index (χ2n) is 6.36. The maximum Gasteiger partial charge on any atom is 0.237 e. The molecule has 1 atom stereocenters. The number of anilines is 1. The molecule has 0 spiro atoms. The lowest BCUT2D eigenvalue weighted by molar-refractivity contribution is -0.115. The highest BCUT2D eigenvalue weighted by Gasteiger charge is 2.23. The second kappa shape index (κ2) is 7.59. The van der Waals surface area contributed by atoms with E-state index in [9.17, 15) is 4.79 Å². The lowest BCUT2D eigenvalue weighted by Crippen LogP contribution is -2.23. The first-order chi connectivity index (χ1) is 12.8. The van der Waals surface area contributed by atoms with Crippen molar-refractivity contribution in [1.29, 1.82) is 0 Å². The van der Waals surface area contributed by atoms with Crippen LogP contribution in [-0.2, 0) is 18.4 Å². The molecule has 0 saturated heterocycles. The Morgan fingerprint density at radius 1 is 1.33 bits per heavy atom. The number of nitrogens with zero attached hydrogens (tertiary/aromatic N) is 5. The van der Waals surface area contributed by atoms with Crippen molar-refractivity contribution in [2.75, 3.05) is 5.32 Å². The van der Waals surface area contributed by atoms with Crippen LogP contribution < -0.4 is 5.32 Å². The Balaban J connectivity index is 1.78. The number of nitrogens with one attached hydrogen (secondary N) is 1. The molecule has 0 aromatic carbocycles. The van der Waals surface area contributed by atoms with Crippen LogP contribution in [0.5, 0.6) is 0 Å². The Kier molecular flexibility index (Phi) is 5.41. The Labute approximate surface area is 162 Å². The van der Waals surface area contributed by atoms with E-state index in [1.165, 1.54) is 11.8 Å². The molecule has 0 saturated carbocycles. The number of aryl methyl sites for hydroxylation is 3. The predicted octanol–water partition coefficient (Wildman–Crippen LogP) is 3.34. The summed E-state index contributed by atoms with van der Waals surface area (Å²) in [6, 6.07) is 1.88. The highest BCUT2D eigenvalue weighted by molar-refractivity contribution is 8.00. The van der Waals surface area contributed by atoms with E-state index in [-0.39, 0.29) is 11.2 Å². The summed E-state index contributed by atoms with van der Waals surface area (Å²) in [4.78, 5) is 12.7. The van der Waals surface area contributed by atoms with E-state index in [1.54, 1.807) is 10.9 Å². The third kappa shape index (κ3) is 3.64. The molecule has 0 aliphatic carbocycles. The van der Waals surface area contributed by atoms with Gasteiger partial charge in [0.05, 0.1) is 34.2 Å². The number of carbonyl (C=O) groups is 1. The summed E-state index contributed by atoms with van der Waals surface area (Å²) >= 11 is 1.38. The molecular formula is C18H24N6O2S. The van der Waals surface area contributed by atoms with Gasteiger partial charge in [0, 0.05) is 13.6 Å². The average molecular weight is 388 g/mol. The van der Waals surface area contributed by atoms with Gasteiger partial charge in [0.2, 0.25) is 5.91 Å². The van der Waals surface area contributed by atoms with Gasteiger partial charge in [-0.3, -0.25) is 9.48 Å². The van der Waals surface area contributed by atoms with Crippen LogP contribution in [0.1, 0.15) is 31.0 Å². The standard InChI is InChI=1S/C18H24N6O2S/c1-7-24-16(14-8-9-26-12(14)4)20-21-18(24)27-13(5)17(25)19-15-10(2)22-23(6)11(15)3/h8-9,13H,7H2,1-6H3,(H,19,25)/t13-/m0/s1. The second-order valence-corrected chi connectivity index (χ2v) is 7.67. The number of carbonyl (C=O) groups excluding carboxylic acids is 1. The summed E-state index contributed by atoms with van der Waals surface area (Å²) in [6.45, 7) is 10.3. The smallest absolute Gasteiger partial charge is 0.237 e. The number of aromatic nitrogens is 5. The number of hydrogen-bond donors (Lipinski definition) is 1. The Bertz CT molecular complexity index is 971. The minimum absolute atomic E-state index is 0.0918. The van der Waals surface area contributed by atoms with E-state index >= 15 is 0 Å². The number of thioether (sulfide) groups is 1. The molecule has 0 fully saturated rings. The lowest BCUT2D eigenvalue weighted by atomic mass is 10.2. The van der Waals surface area contributed by atoms with Gasteiger partial charge in [-0.15, -0.1) is 10.2 Å². The lowest BCUT2D eigenvalue weighted by Gasteiger charge is -2.13. The molecule has 3 heterocycles. The number of hydrogen-bond acceptors (Lipinski definition) is 6. The summed E-state index contributed by atoms with van der Waals surface area (Å²) in [5.74, 6) is 1.45. The molecule has 1 amide bonds. The van der Waals surface area contributed by atoms with Gasteiger partial charge in [-0.25, -0.2) is 0 Å². The van der Waals surface area contributed by atoms with Crippen LogP contribution in [0, 0.1) is 20.8 Å². The van der Waals surface area contributed by atoms with E-state index in [2.05, 4.69) is 20.6 Å². The zero-order valence-corrected chi connectivity index (χ0v) is 17.2. The molecule has 0 aliphatic heterocycles. The van der Waals surface area contributed by atoms with Crippen LogP contribution in [0.15, 0.2) is 21.9 Å². The minimum atomic E-state index is -0.336. The number of amides is 1. The van der Waals surface area contributed by atoms with Crippen molar-refractivity contribution in [3.63, 3.8) is 0 Å². The topological polar surface area (TPSA) is 90.8 Å². The summed E-state index contributed by atoms with van der Waals surface area (Å²) in [6.07, 6.45) is 1.64. The monoisotopic (exact) mass is 388 g/mol. The largest absolute Gasteiger partial charge is 0.469 e. The van der Waals surface area contributed by atoms with Crippen molar-refractivity contribution < 1.29 is 9.21 Å². The van der Waals surface area contributed by atoms with Crippen LogP contribution in [0.25, 0.3) is 11.4 Å². The molecule has 3 aromatic heterocycles.